The van der Waals surface area contributed by atoms with Crippen LogP contribution in [-0.4, -0.2) is 62.7 Å². The van der Waals surface area contributed by atoms with Gasteiger partial charge in [-0.05, 0) is 67.1 Å². The number of sulfone groups is 1. The van der Waals surface area contributed by atoms with E-state index in [2.05, 4.69) is 10.6 Å². The molecule has 3 aromatic carbocycles. The molecule has 1 aliphatic heterocycles. The highest BCUT2D eigenvalue weighted by molar-refractivity contribution is 7.90. The predicted octanol–water partition coefficient (Wildman–Crippen LogP) is 6.34. The van der Waals surface area contributed by atoms with Crippen LogP contribution in [0.3, 0.4) is 0 Å². The Morgan fingerprint density at radius 3 is 2.34 bits per heavy atom. The van der Waals surface area contributed by atoms with Crippen LogP contribution in [0.5, 0.6) is 0 Å². The minimum absolute atomic E-state index is 0.232. The van der Waals surface area contributed by atoms with Crippen molar-refractivity contribution in [3.63, 3.8) is 0 Å². The van der Waals surface area contributed by atoms with E-state index >= 15 is 0 Å². The molecule has 2 atom stereocenters. The number of piperidine rings is 1. The van der Waals surface area contributed by atoms with Crippen molar-refractivity contribution in [3.8, 4) is 11.3 Å². The van der Waals surface area contributed by atoms with Gasteiger partial charge in [-0.1, -0.05) is 30.3 Å². The van der Waals surface area contributed by atoms with Crippen LogP contribution in [0.15, 0.2) is 77.7 Å². The predicted molar refractivity (Wildman–Crippen MR) is 155 cm³/mol. The third-order valence-electron chi connectivity index (χ3n) is 7.40. The molecule has 2 N–H and O–H groups in total. The van der Waals surface area contributed by atoms with Gasteiger partial charge in [0.25, 0.3) is 0 Å². The zero-order valence-corrected chi connectivity index (χ0v) is 23.6. The van der Waals surface area contributed by atoms with Crippen LogP contribution >= 0.6 is 0 Å². The third kappa shape index (κ3) is 6.84. The van der Waals surface area contributed by atoms with Gasteiger partial charge in [-0.2, -0.15) is 13.2 Å². The number of fused-ring (bicyclic) bond motifs is 1. The van der Waals surface area contributed by atoms with Crippen molar-refractivity contribution in [1.82, 2.24) is 9.47 Å². The fourth-order valence-electron chi connectivity index (χ4n) is 5.24. The number of nitrogens with zero attached hydrogens (tertiary/aromatic N) is 2. The number of alkyl halides is 4. The van der Waals surface area contributed by atoms with E-state index < -0.39 is 34.8 Å². The molecule has 0 radical (unpaired) electrons. The van der Waals surface area contributed by atoms with Crippen LogP contribution in [0.25, 0.3) is 22.2 Å². The Morgan fingerprint density at radius 2 is 1.71 bits per heavy atom. The van der Waals surface area contributed by atoms with Crippen molar-refractivity contribution in [2.75, 3.05) is 37.0 Å². The van der Waals surface area contributed by atoms with Gasteiger partial charge in [0, 0.05) is 48.3 Å². The van der Waals surface area contributed by atoms with Gasteiger partial charge in [-0.25, -0.2) is 12.8 Å². The van der Waals surface area contributed by atoms with Crippen LogP contribution in [0.1, 0.15) is 12.0 Å². The van der Waals surface area contributed by atoms with Crippen LogP contribution < -0.4 is 10.6 Å². The van der Waals surface area contributed by atoms with Crippen LogP contribution in [0, 0.1) is 0 Å². The first-order valence-corrected chi connectivity index (χ1v) is 15.2. The molecule has 5 rings (SSSR count). The largest absolute Gasteiger partial charge is 0.406 e. The standard InChI is InChI=1S/C30H32F4N4O2S/c1-37-15-14-27(25(31)18-37)36-26-4-3-5-28-24(26)16-29(38(28)19-30(32,33)34)21-8-6-20(7-9-21)17-35-22-10-12-23(13-11-22)41(2,39)40/h3-13,16,25,27,35-36H,14-15,17-19H2,1-2H3/t25-,27+/m1/s1. The molecule has 2 heterocycles. The lowest BCUT2D eigenvalue weighted by Gasteiger charge is -2.33. The summed E-state index contributed by atoms with van der Waals surface area (Å²) in [5, 5.41) is 7.10. The fourth-order valence-corrected chi connectivity index (χ4v) is 5.87. The first-order chi connectivity index (χ1) is 19.4. The molecule has 1 fully saturated rings. The third-order valence-corrected chi connectivity index (χ3v) is 8.53. The molecule has 41 heavy (non-hydrogen) atoms. The number of likely N-dealkylation sites (tertiary alicyclic amines) is 1. The second-order valence-corrected chi connectivity index (χ2v) is 12.6. The van der Waals surface area contributed by atoms with Crippen molar-refractivity contribution in [2.24, 2.45) is 0 Å². The SMILES string of the molecule is CN1CC[C@H](Nc2cccc3c2cc(-c2ccc(CNc4ccc(S(C)(=O)=O)cc4)cc2)n3CC(F)(F)F)[C@H](F)C1. The minimum atomic E-state index is -4.43. The number of hydrogen-bond acceptors (Lipinski definition) is 5. The minimum Gasteiger partial charge on any atom is -0.381 e. The number of anilines is 2. The molecule has 0 bridgehead atoms. The van der Waals surface area contributed by atoms with Crippen molar-refractivity contribution in [1.29, 1.82) is 0 Å². The molecule has 0 saturated carbocycles. The Bertz CT molecular complexity index is 1620. The van der Waals surface area contributed by atoms with Gasteiger partial charge in [0.05, 0.1) is 16.5 Å². The number of rotatable bonds is 8. The van der Waals surface area contributed by atoms with Crippen molar-refractivity contribution in [2.45, 2.75) is 42.8 Å². The number of halogens is 4. The summed E-state index contributed by atoms with van der Waals surface area (Å²) >= 11 is 0. The normalized spacial score (nSPS) is 18.5. The Kier molecular flexibility index (Phi) is 8.02. The lowest BCUT2D eigenvalue weighted by molar-refractivity contribution is -0.139. The van der Waals surface area contributed by atoms with Gasteiger partial charge in [0.1, 0.15) is 12.7 Å². The summed E-state index contributed by atoms with van der Waals surface area (Å²) in [4.78, 5) is 2.16. The number of nitrogens with one attached hydrogen (secondary N) is 2. The van der Waals surface area contributed by atoms with Gasteiger partial charge in [-0.15, -0.1) is 0 Å². The summed E-state index contributed by atoms with van der Waals surface area (Å²) in [6.45, 7) is 0.337. The molecule has 218 valence electrons. The van der Waals surface area contributed by atoms with Crippen LogP contribution in [-0.2, 0) is 22.9 Å². The molecule has 6 nitrogen and oxygen atoms in total. The van der Waals surface area contributed by atoms with Crippen LogP contribution in [0.4, 0.5) is 28.9 Å². The molecule has 1 aliphatic rings. The van der Waals surface area contributed by atoms with Crippen molar-refractivity contribution < 1.29 is 26.0 Å². The zero-order valence-electron chi connectivity index (χ0n) is 22.7. The topological polar surface area (TPSA) is 66.4 Å². The van der Waals surface area contributed by atoms with E-state index in [0.29, 0.717) is 47.4 Å². The van der Waals surface area contributed by atoms with E-state index in [1.165, 1.54) is 16.7 Å². The molecule has 1 saturated heterocycles. The highest BCUT2D eigenvalue weighted by atomic mass is 32.2. The van der Waals surface area contributed by atoms with Crippen LogP contribution in [0.2, 0.25) is 0 Å². The highest BCUT2D eigenvalue weighted by Gasteiger charge is 2.31. The molecule has 11 heteroatoms. The Balaban J connectivity index is 1.40. The van der Waals surface area contributed by atoms with Gasteiger partial charge in [-0.3, -0.25) is 0 Å². The highest BCUT2D eigenvalue weighted by Crippen LogP contribution is 2.36. The second kappa shape index (κ2) is 11.4. The molecule has 1 aromatic heterocycles. The average Bonchev–Trinajstić information content (AvgIpc) is 3.27. The Morgan fingerprint density at radius 1 is 1.00 bits per heavy atom. The summed E-state index contributed by atoms with van der Waals surface area (Å²) in [6.07, 6.45) is -3.77. The van der Waals surface area contributed by atoms with E-state index in [1.54, 1.807) is 48.5 Å². The maximum atomic E-state index is 14.7. The van der Waals surface area contributed by atoms with E-state index in [9.17, 15) is 26.0 Å². The molecule has 0 spiro atoms. The van der Waals surface area contributed by atoms with E-state index in [-0.39, 0.29) is 4.90 Å². The first-order valence-electron chi connectivity index (χ1n) is 13.3. The number of aromatic nitrogens is 1. The summed E-state index contributed by atoms with van der Waals surface area (Å²) < 4.78 is 80.4. The first kappa shape index (κ1) is 28.9. The molecular formula is C30H32F4N4O2S. The fraction of sp³-hybridized carbons (Fsp3) is 0.333. The van der Waals surface area contributed by atoms with Crippen molar-refractivity contribution in [3.05, 3.63) is 78.4 Å². The Labute approximate surface area is 236 Å². The summed E-state index contributed by atoms with van der Waals surface area (Å²) in [6, 6.07) is 20.1. The van der Waals surface area contributed by atoms with Gasteiger partial charge in [0.2, 0.25) is 0 Å². The van der Waals surface area contributed by atoms with Gasteiger partial charge < -0.3 is 20.1 Å². The average molecular weight is 589 g/mol. The van der Waals surface area contributed by atoms with Crippen molar-refractivity contribution >= 4 is 32.1 Å². The second-order valence-electron chi connectivity index (χ2n) is 10.6. The number of hydrogen-bond donors (Lipinski definition) is 2. The molecule has 0 aliphatic carbocycles. The summed E-state index contributed by atoms with van der Waals surface area (Å²) in [5.74, 6) is 0. The van der Waals surface area contributed by atoms with Gasteiger partial charge >= 0.3 is 6.18 Å². The summed E-state index contributed by atoms with van der Waals surface area (Å²) in [7, 11) is -1.41. The molecule has 4 aromatic rings. The maximum absolute atomic E-state index is 14.7. The van der Waals surface area contributed by atoms with E-state index in [0.717, 1.165) is 24.1 Å². The lowest BCUT2D eigenvalue weighted by Crippen LogP contribution is -2.46. The Hall–Kier alpha value is -3.57. The monoisotopic (exact) mass is 588 g/mol. The summed E-state index contributed by atoms with van der Waals surface area (Å²) in [5.41, 5.74) is 3.73. The van der Waals surface area contributed by atoms with E-state index in [1.807, 2.05) is 24.1 Å². The molecular weight excluding hydrogens is 556 g/mol. The maximum Gasteiger partial charge on any atom is 0.406 e. The zero-order chi connectivity index (χ0) is 29.4. The molecule has 0 unspecified atom stereocenters. The number of benzene rings is 3. The van der Waals surface area contributed by atoms with Gasteiger partial charge in [0.15, 0.2) is 9.84 Å². The quantitative estimate of drug-likeness (QED) is 0.235. The molecule has 0 amide bonds. The van der Waals surface area contributed by atoms with E-state index in [4.69, 9.17) is 0 Å². The lowest BCUT2D eigenvalue weighted by atomic mass is 10.0. The smallest absolute Gasteiger partial charge is 0.381 e.